The number of hydrogen-bond acceptors (Lipinski definition) is 1. The maximum absolute atomic E-state index is 4.10. The number of hydrogen-bond donors (Lipinski definition) is 1. The van der Waals surface area contributed by atoms with Crippen molar-refractivity contribution in [1.29, 1.82) is 0 Å². The van der Waals surface area contributed by atoms with Crippen molar-refractivity contribution in [3.05, 3.63) is 0 Å². The first kappa shape index (κ1) is 10.8. The molecule has 0 heterocycles. The molecule has 0 spiro atoms. The van der Waals surface area contributed by atoms with Crippen molar-refractivity contribution in [2.45, 2.75) is 20.8 Å². The molecule has 0 radical (unpaired) electrons. The molecule has 0 aromatic rings. The summed E-state index contributed by atoms with van der Waals surface area (Å²) in [5, 5.41) is 0. The molecule has 0 aliphatic heterocycles. The van der Waals surface area contributed by atoms with E-state index in [-0.39, 0.29) is 20.3 Å². The van der Waals surface area contributed by atoms with Gasteiger partial charge < -0.3 is 1.43 Å². The third kappa shape index (κ3) is 10.9. The first-order valence-electron chi connectivity index (χ1n) is 2.17. The smallest absolute Gasteiger partial charge is 1.00 e. The molecule has 0 N–H and O–H groups in total. The summed E-state index contributed by atoms with van der Waals surface area (Å²) in [4.78, 5) is 0. The first-order chi connectivity index (χ1) is 2.56. The maximum atomic E-state index is 4.10. The van der Waals surface area contributed by atoms with Gasteiger partial charge in [-0.1, -0.05) is 20.8 Å². The Balaban J connectivity index is -0.000000125. The Morgan fingerprint density at radius 2 is 1.57 bits per heavy atom. The van der Waals surface area contributed by atoms with Crippen LogP contribution in [0.5, 0.6) is 0 Å². The van der Waals surface area contributed by atoms with Gasteiger partial charge in [-0.3, -0.25) is 0 Å². The van der Waals surface area contributed by atoms with Crippen molar-refractivity contribution in [2.24, 2.45) is 5.41 Å². The monoisotopic (exact) mass is 112 g/mol. The Hall–Kier alpha value is 0.947. The van der Waals surface area contributed by atoms with Crippen molar-refractivity contribution in [1.82, 2.24) is 0 Å². The van der Waals surface area contributed by atoms with E-state index in [1.807, 2.05) is 0 Å². The van der Waals surface area contributed by atoms with Gasteiger partial charge in [-0.05, 0) is 11.2 Å². The molecule has 0 aliphatic rings. The average molecular weight is 112 g/mol. The topological polar surface area (TPSA) is 0 Å². The van der Waals surface area contributed by atoms with Crippen LogP contribution in [0.3, 0.4) is 0 Å². The molecule has 0 bridgehead atoms. The summed E-state index contributed by atoms with van der Waals surface area (Å²) >= 11 is 4.10. The van der Waals surface area contributed by atoms with Gasteiger partial charge in [0.2, 0.25) is 0 Å². The average Bonchev–Trinajstić information content (AvgIpc) is 1.35. The van der Waals surface area contributed by atoms with E-state index < -0.39 is 0 Å². The Morgan fingerprint density at radius 3 is 1.57 bits per heavy atom. The van der Waals surface area contributed by atoms with Crippen LogP contribution < -0.4 is 18.9 Å². The third-order valence-corrected chi connectivity index (χ3v) is 1.42. The second kappa shape index (κ2) is 3.89. The van der Waals surface area contributed by atoms with Gasteiger partial charge in [0, 0.05) is 0 Å². The predicted molar refractivity (Wildman–Crippen MR) is 34.4 cm³/mol. The third-order valence-electron chi connectivity index (χ3n) is 0.474. The van der Waals surface area contributed by atoms with Gasteiger partial charge in [0.15, 0.2) is 0 Å². The quantitative estimate of drug-likeness (QED) is 0.304. The zero-order valence-corrected chi connectivity index (χ0v) is 6.55. The summed E-state index contributed by atoms with van der Waals surface area (Å²) in [6.45, 7) is 6.50. The number of rotatable bonds is 0. The SMILES string of the molecule is CC(C)(C)CS.[H-].[Li+]. The second-order valence-electron chi connectivity index (χ2n) is 2.72. The van der Waals surface area contributed by atoms with Gasteiger partial charge in [0.25, 0.3) is 0 Å². The molecule has 0 amide bonds. The second-order valence-corrected chi connectivity index (χ2v) is 3.04. The van der Waals surface area contributed by atoms with Crippen molar-refractivity contribution >= 4 is 12.6 Å². The molecule has 40 valence electrons. The van der Waals surface area contributed by atoms with E-state index in [2.05, 4.69) is 33.4 Å². The van der Waals surface area contributed by atoms with Gasteiger partial charge in [-0.15, -0.1) is 0 Å². The Bertz CT molecular complexity index is 42.2. The molecule has 0 saturated heterocycles. The van der Waals surface area contributed by atoms with E-state index >= 15 is 0 Å². The van der Waals surface area contributed by atoms with Crippen LogP contribution in [0.25, 0.3) is 0 Å². The minimum atomic E-state index is 0. The van der Waals surface area contributed by atoms with E-state index in [4.69, 9.17) is 0 Å². The van der Waals surface area contributed by atoms with E-state index in [0.29, 0.717) is 5.41 Å². The molecule has 0 aliphatic carbocycles. The molecule has 0 atom stereocenters. The Labute approximate surface area is 65.1 Å². The minimum absolute atomic E-state index is 0. The molecule has 2 heteroatoms. The summed E-state index contributed by atoms with van der Waals surface area (Å²) in [6, 6.07) is 0. The van der Waals surface area contributed by atoms with E-state index in [0.717, 1.165) is 5.75 Å². The molecule has 0 saturated carbocycles. The summed E-state index contributed by atoms with van der Waals surface area (Å²) < 4.78 is 0. The molecular formula is C5H13LiS. The largest absolute Gasteiger partial charge is 1.00 e. The van der Waals surface area contributed by atoms with Gasteiger partial charge in [0.05, 0.1) is 0 Å². The summed E-state index contributed by atoms with van der Waals surface area (Å²) in [5.41, 5.74) is 0.406. The van der Waals surface area contributed by atoms with Crippen molar-refractivity contribution in [3.63, 3.8) is 0 Å². The molecule has 0 aromatic heterocycles. The standard InChI is InChI=1S/C5H12S.Li.H/c1-5(2,3)4-6;;/h6H,4H2,1-3H3;;/q;+1;-1. The molecule has 0 unspecified atom stereocenters. The fourth-order valence-electron chi connectivity index (χ4n) is 0. The van der Waals surface area contributed by atoms with E-state index in [1.54, 1.807) is 0 Å². The zero-order chi connectivity index (χ0) is 5.21. The maximum Gasteiger partial charge on any atom is 1.00 e. The normalized spacial score (nSPS) is 10.3. The van der Waals surface area contributed by atoms with Crippen LogP contribution in [-0.4, -0.2) is 5.75 Å². The molecule has 0 nitrogen and oxygen atoms in total. The summed E-state index contributed by atoms with van der Waals surface area (Å²) in [5.74, 6) is 0.965. The van der Waals surface area contributed by atoms with E-state index in [9.17, 15) is 0 Å². The Morgan fingerprint density at radius 1 is 1.43 bits per heavy atom. The van der Waals surface area contributed by atoms with Crippen molar-refractivity contribution < 1.29 is 20.3 Å². The van der Waals surface area contributed by atoms with Gasteiger partial charge in [0.1, 0.15) is 0 Å². The van der Waals surface area contributed by atoms with Crippen LogP contribution in [0, 0.1) is 5.41 Å². The Kier molecular flexibility index (Phi) is 6.03. The first-order valence-corrected chi connectivity index (χ1v) is 2.80. The summed E-state index contributed by atoms with van der Waals surface area (Å²) in [6.07, 6.45) is 0. The van der Waals surface area contributed by atoms with Crippen LogP contribution in [-0.2, 0) is 0 Å². The van der Waals surface area contributed by atoms with Crippen LogP contribution in [0.4, 0.5) is 0 Å². The van der Waals surface area contributed by atoms with Crippen LogP contribution in [0.1, 0.15) is 22.2 Å². The van der Waals surface area contributed by atoms with E-state index in [1.165, 1.54) is 0 Å². The minimum Gasteiger partial charge on any atom is -1.00 e. The molecule has 0 aromatic carbocycles. The summed E-state index contributed by atoms with van der Waals surface area (Å²) in [7, 11) is 0. The zero-order valence-electron chi connectivity index (χ0n) is 6.65. The van der Waals surface area contributed by atoms with Crippen LogP contribution >= 0.6 is 12.6 Å². The van der Waals surface area contributed by atoms with Crippen LogP contribution in [0.15, 0.2) is 0 Å². The van der Waals surface area contributed by atoms with Crippen LogP contribution in [0.2, 0.25) is 0 Å². The van der Waals surface area contributed by atoms with Crippen molar-refractivity contribution in [3.8, 4) is 0 Å². The van der Waals surface area contributed by atoms with Gasteiger partial charge in [-0.2, -0.15) is 12.6 Å². The fourth-order valence-corrected chi connectivity index (χ4v) is 0. The molecular weight excluding hydrogens is 99.1 g/mol. The van der Waals surface area contributed by atoms with Crippen molar-refractivity contribution in [2.75, 3.05) is 5.75 Å². The molecule has 7 heavy (non-hydrogen) atoms. The molecule has 0 rings (SSSR count). The number of thiol groups is 1. The van der Waals surface area contributed by atoms with Gasteiger partial charge in [-0.25, -0.2) is 0 Å². The molecule has 0 fully saturated rings. The fraction of sp³-hybridized carbons (Fsp3) is 1.00. The van der Waals surface area contributed by atoms with Gasteiger partial charge >= 0.3 is 18.9 Å². The predicted octanol–water partition coefficient (Wildman–Crippen LogP) is -0.921.